The average Bonchev–Trinajstić information content (AvgIpc) is 3.12. The summed E-state index contributed by atoms with van der Waals surface area (Å²) in [6.45, 7) is 10.0. The van der Waals surface area contributed by atoms with Crippen LogP contribution in [0.5, 0.6) is 0 Å². The fourth-order valence-corrected chi connectivity index (χ4v) is 0.898. The van der Waals surface area contributed by atoms with E-state index in [1.165, 1.54) is 12.2 Å². The molecule has 2 aromatic rings. The van der Waals surface area contributed by atoms with Gasteiger partial charge in [-0.2, -0.15) is 30.4 Å². The first kappa shape index (κ1) is 23.8. The Kier molecular flexibility index (Phi) is 27.2. The third-order valence-electron chi connectivity index (χ3n) is 1.67. The van der Waals surface area contributed by atoms with Crippen molar-refractivity contribution in [1.29, 1.82) is 0 Å². The predicted octanol–water partition coefficient (Wildman–Crippen LogP) is 4.88. The molecule has 0 aromatic heterocycles. The van der Waals surface area contributed by atoms with Crippen LogP contribution in [0.2, 0.25) is 0 Å². The quantitative estimate of drug-likeness (QED) is 0.552. The third kappa shape index (κ3) is 22.0. The Hall–Kier alpha value is -1.28. The molecule has 0 aliphatic heterocycles. The molecule has 0 spiro atoms. The van der Waals surface area contributed by atoms with Gasteiger partial charge in [-0.25, -0.2) is 36.4 Å². The van der Waals surface area contributed by atoms with Crippen LogP contribution in [0.1, 0.15) is 0 Å². The normalized spacial score (nSPS) is 8.20. The maximum Gasteiger partial charge on any atom is 6.00 e. The molecule has 0 amide bonds. The molecule has 20 heavy (non-hydrogen) atoms. The number of hydrogen-bond acceptors (Lipinski definition) is 0. The maximum absolute atomic E-state index is 5.02. The van der Waals surface area contributed by atoms with Crippen LogP contribution in [-0.2, 0) is 34.7 Å². The van der Waals surface area contributed by atoms with Crippen molar-refractivity contribution >= 4 is 0 Å². The summed E-state index contributed by atoms with van der Waals surface area (Å²) in [6.07, 6.45) is 9.95. The predicted molar refractivity (Wildman–Crippen MR) is 80.1 cm³/mol. The van der Waals surface area contributed by atoms with Gasteiger partial charge in [0.2, 0.25) is 0 Å². The van der Waals surface area contributed by atoms with Crippen molar-refractivity contribution in [3.8, 4) is 0 Å². The van der Waals surface area contributed by atoms with Crippen molar-refractivity contribution in [2.24, 2.45) is 0 Å². The van der Waals surface area contributed by atoms with Crippen LogP contribution >= 0.6 is 0 Å². The van der Waals surface area contributed by atoms with E-state index in [1.54, 1.807) is 24.3 Å². The van der Waals surface area contributed by atoms with Crippen molar-refractivity contribution in [3.63, 3.8) is 0 Å². The van der Waals surface area contributed by atoms with E-state index in [2.05, 4.69) is 0 Å². The van der Waals surface area contributed by atoms with Crippen molar-refractivity contribution in [3.05, 3.63) is 110 Å². The molecule has 0 saturated heterocycles. The van der Waals surface area contributed by atoms with Crippen LogP contribution in [0.4, 0.5) is 0 Å². The summed E-state index contributed by atoms with van der Waals surface area (Å²) in [5, 5.41) is 0. The molecule has 2 rings (SSSR count). The van der Waals surface area contributed by atoms with E-state index < -0.39 is 0 Å². The van der Waals surface area contributed by atoms with E-state index >= 15 is 0 Å². The standard InChI is InChI=1S/C8H8.2C5H5.2Cr/c1-3-5-7-8-6-4-2;2*1-2-4-5-3-1;;/h1-8H;2*1-5H;;/q-2;-5;-1;2*+6/b7-5-,8-6-;;;;. The molecule has 0 unspecified atom stereocenters. The molecule has 0 nitrogen and oxygen atoms in total. The van der Waals surface area contributed by atoms with Crippen molar-refractivity contribution in [2.75, 3.05) is 0 Å². The first-order valence-corrected chi connectivity index (χ1v) is 5.67. The summed E-state index contributed by atoms with van der Waals surface area (Å²) in [4.78, 5) is 0. The zero-order valence-electron chi connectivity index (χ0n) is 11.2. The maximum atomic E-state index is 5.02. The Labute approximate surface area is 144 Å². The van der Waals surface area contributed by atoms with E-state index in [0.29, 0.717) is 0 Å². The van der Waals surface area contributed by atoms with E-state index in [9.17, 15) is 0 Å². The Bertz CT molecular complexity index is 330. The second kappa shape index (κ2) is 22.9. The molecule has 0 saturated carbocycles. The molecule has 0 fully saturated rings. The van der Waals surface area contributed by atoms with Crippen molar-refractivity contribution in [1.82, 2.24) is 0 Å². The minimum absolute atomic E-state index is 0. The minimum atomic E-state index is 0. The van der Waals surface area contributed by atoms with Gasteiger partial charge in [0.25, 0.3) is 0 Å². The van der Waals surface area contributed by atoms with Gasteiger partial charge in [-0.3, -0.25) is 13.2 Å². The largest absolute Gasteiger partial charge is 6.00 e. The van der Waals surface area contributed by atoms with Gasteiger partial charge < -0.3 is 30.3 Å². The summed E-state index contributed by atoms with van der Waals surface area (Å²) in [7, 11) is 0. The smallest absolute Gasteiger partial charge is 0.748 e. The molecule has 0 N–H and O–H groups in total. The minimum Gasteiger partial charge on any atom is -0.748 e. The molecule has 0 heterocycles. The molecule has 0 aliphatic carbocycles. The van der Waals surface area contributed by atoms with Gasteiger partial charge in [-0.05, 0) is 0 Å². The van der Waals surface area contributed by atoms with Gasteiger partial charge in [0.15, 0.2) is 0 Å². The zero-order valence-corrected chi connectivity index (χ0v) is 13.8. The first-order chi connectivity index (χ1) is 8.91. The molecule has 0 aliphatic rings. The average molecular weight is 338 g/mol. The van der Waals surface area contributed by atoms with Gasteiger partial charge in [-0.1, -0.05) is 0 Å². The van der Waals surface area contributed by atoms with Crippen LogP contribution in [0.3, 0.4) is 0 Å². The molecule has 2 heteroatoms. The number of rotatable bonds is 3. The zero-order chi connectivity index (χ0) is 13.3. The van der Waals surface area contributed by atoms with Gasteiger partial charge >= 0.3 is 34.7 Å². The summed E-state index contributed by atoms with van der Waals surface area (Å²) in [6, 6.07) is 20.0. The van der Waals surface area contributed by atoms with Gasteiger partial charge in [0.05, 0.1) is 0 Å². The summed E-state index contributed by atoms with van der Waals surface area (Å²) < 4.78 is 0. The third-order valence-corrected chi connectivity index (χ3v) is 1.67. The number of hydrogen-bond donors (Lipinski definition) is 0. The Morgan fingerprint density at radius 1 is 0.600 bits per heavy atom. The van der Waals surface area contributed by atoms with Crippen LogP contribution in [0.25, 0.3) is 0 Å². The molecule has 0 atom stereocenters. The Morgan fingerprint density at radius 3 is 1.15 bits per heavy atom. The van der Waals surface area contributed by atoms with Crippen LogP contribution in [-0.4, -0.2) is 0 Å². The van der Waals surface area contributed by atoms with E-state index in [-0.39, 0.29) is 34.7 Å². The Morgan fingerprint density at radius 2 is 0.950 bits per heavy atom. The summed E-state index contributed by atoms with van der Waals surface area (Å²) >= 11 is 0. The summed E-state index contributed by atoms with van der Waals surface area (Å²) in [5.74, 6) is 0. The first-order valence-electron chi connectivity index (χ1n) is 5.67. The molecule has 0 bridgehead atoms. The summed E-state index contributed by atoms with van der Waals surface area (Å²) in [5.41, 5.74) is 0. The monoisotopic (exact) mass is 338 g/mol. The fraction of sp³-hybridized carbons (Fsp3) is 0. The molecular formula is C18H18Cr2+4. The van der Waals surface area contributed by atoms with E-state index in [0.717, 1.165) is 0 Å². The van der Waals surface area contributed by atoms with Crippen LogP contribution in [0, 0.1) is 13.2 Å². The molecule has 2 aromatic carbocycles. The van der Waals surface area contributed by atoms with Crippen molar-refractivity contribution in [2.45, 2.75) is 0 Å². The Balaban J connectivity index is -0.000000212. The van der Waals surface area contributed by atoms with Gasteiger partial charge in [0, 0.05) is 0 Å². The second-order valence-electron chi connectivity index (χ2n) is 3.08. The van der Waals surface area contributed by atoms with Gasteiger partial charge in [0.1, 0.15) is 0 Å². The van der Waals surface area contributed by atoms with E-state index in [4.69, 9.17) is 13.2 Å². The topological polar surface area (TPSA) is 0 Å². The van der Waals surface area contributed by atoms with Crippen LogP contribution in [0.15, 0.2) is 97.1 Å². The SMILES string of the molecule is [CH-]=C/C=C\C=C/C=[CH-].[Cr+6].[Cr+6].[cH-]1[cH-][cH-][cH-][cH-]1.c1cc[cH-]c1. The molecular weight excluding hydrogens is 320 g/mol. The van der Waals surface area contributed by atoms with Crippen molar-refractivity contribution < 1.29 is 34.7 Å². The fourth-order valence-electron chi connectivity index (χ4n) is 0.898. The van der Waals surface area contributed by atoms with Gasteiger partial charge in [-0.15, -0.1) is 0 Å². The van der Waals surface area contributed by atoms with Crippen LogP contribution < -0.4 is 0 Å². The second-order valence-corrected chi connectivity index (χ2v) is 3.08. The molecule has 98 valence electrons. The van der Waals surface area contributed by atoms with E-state index in [1.807, 2.05) is 60.7 Å². The molecule has 0 radical (unpaired) electrons. The number of allylic oxidation sites excluding steroid dienone is 6.